The second-order valence-electron chi connectivity index (χ2n) is 7.42. The number of aromatic nitrogens is 2. The van der Waals surface area contributed by atoms with Gasteiger partial charge in [-0.1, -0.05) is 17.7 Å². The van der Waals surface area contributed by atoms with Gasteiger partial charge in [0.25, 0.3) is 0 Å². The summed E-state index contributed by atoms with van der Waals surface area (Å²) in [4.78, 5) is 22.4. The minimum Gasteiger partial charge on any atom is -0.493 e. The molecular weight excluding hydrogens is 439 g/mol. The number of nitrogens with zero attached hydrogens (tertiary/aromatic N) is 3. The highest BCUT2D eigenvalue weighted by molar-refractivity contribution is 6.31. The highest BCUT2D eigenvalue weighted by Gasteiger charge is 2.36. The van der Waals surface area contributed by atoms with E-state index < -0.39 is 5.82 Å². The normalized spacial score (nSPS) is 18.5. The number of methoxy groups -OCH3 is 2. The number of benzene rings is 2. The molecule has 1 unspecified atom stereocenters. The molecule has 2 heterocycles. The van der Waals surface area contributed by atoms with Crippen molar-refractivity contribution in [3.8, 4) is 11.5 Å². The zero-order valence-corrected chi connectivity index (χ0v) is 18.5. The Bertz CT molecular complexity index is 1160. The SMILES string of the molecule is COC(=O)C1C[C@@H](Oc2cc3c(Nc4cccc(Cl)c4F)ncnc3cc2OC)CN1C. The molecule has 1 aromatic heterocycles. The molecule has 0 aliphatic carbocycles. The van der Waals surface area contributed by atoms with E-state index in [0.29, 0.717) is 41.2 Å². The highest BCUT2D eigenvalue weighted by Crippen LogP contribution is 2.37. The number of ether oxygens (including phenoxy) is 3. The number of esters is 1. The summed E-state index contributed by atoms with van der Waals surface area (Å²) in [6.45, 7) is 0.547. The van der Waals surface area contributed by atoms with Crippen molar-refractivity contribution in [2.75, 3.05) is 33.1 Å². The Morgan fingerprint density at radius 2 is 2.06 bits per heavy atom. The van der Waals surface area contributed by atoms with Gasteiger partial charge in [-0.15, -0.1) is 0 Å². The first kappa shape index (κ1) is 22.0. The lowest BCUT2D eigenvalue weighted by molar-refractivity contribution is -0.145. The summed E-state index contributed by atoms with van der Waals surface area (Å²) in [5.74, 6) is 0.467. The van der Waals surface area contributed by atoms with Gasteiger partial charge in [-0.25, -0.2) is 14.4 Å². The predicted molar refractivity (Wildman–Crippen MR) is 118 cm³/mol. The molecule has 32 heavy (non-hydrogen) atoms. The van der Waals surface area contributed by atoms with E-state index in [1.165, 1.54) is 26.6 Å². The van der Waals surface area contributed by atoms with Gasteiger partial charge in [-0.2, -0.15) is 0 Å². The van der Waals surface area contributed by atoms with Crippen molar-refractivity contribution in [3.63, 3.8) is 0 Å². The van der Waals surface area contributed by atoms with E-state index in [4.69, 9.17) is 25.8 Å². The third kappa shape index (κ3) is 4.26. The quantitative estimate of drug-likeness (QED) is 0.556. The maximum Gasteiger partial charge on any atom is 0.323 e. The number of anilines is 2. The van der Waals surface area contributed by atoms with Crippen molar-refractivity contribution in [2.45, 2.75) is 18.6 Å². The van der Waals surface area contributed by atoms with Crippen molar-refractivity contribution < 1.29 is 23.4 Å². The summed E-state index contributed by atoms with van der Waals surface area (Å²) in [7, 11) is 4.75. The molecule has 0 amide bonds. The molecule has 1 aliphatic rings. The van der Waals surface area contributed by atoms with Crippen LogP contribution in [0.2, 0.25) is 5.02 Å². The molecule has 2 aromatic carbocycles. The van der Waals surface area contributed by atoms with Crippen LogP contribution in [0, 0.1) is 5.82 Å². The average Bonchev–Trinajstić information content (AvgIpc) is 3.16. The number of fused-ring (bicyclic) bond motifs is 1. The molecule has 1 N–H and O–H groups in total. The van der Waals surface area contributed by atoms with E-state index in [1.807, 2.05) is 11.9 Å². The maximum atomic E-state index is 14.4. The topological polar surface area (TPSA) is 85.8 Å². The van der Waals surface area contributed by atoms with Gasteiger partial charge < -0.3 is 19.5 Å². The van der Waals surface area contributed by atoms with E-state index in [-0.39, 0.29) is 28.8 Å². The number of hydrogen-bond acceptors (Lipinski definition) is 8. The summed E-state index contributed by atoms with van der Waals surface area (Å²) in [5.41, 5.74) is 0.777. The van der Waals surface area contributed by atoms with Crippen molar-refractivity contribution in [3.05, 3.63) is 47.5 Å². The van der Waals surface area contributed by atoms with E-state index in [0.717, 1.165) is 0 Å². The predicted octanol–water partition coefficient (Wildman–Crippen LogP) is 3.80. The van der Waals surface area contributed by atoms with Crippen LogP contribution in [0.1, 0.15) is 6.42 Å². The Labute approximate surface area is 189 Å². The van der Waals surface area contributed by atoms with Gasteiger partial charge in [0.15, 0.2) is 17.3 Å². The lowest BCUT2D eigenvalue weighted by Crippen LogP contribution is -2.33. The lowest BCUT2D eigenvalue weighted by Gasteiger charge is -2.17. The molecular formula is C22H22ClFN4O4. The number of likely N-dealkylation sites (N-methyl/N-ethyl adjacent to an activating group) is 1. The zero-order chi connectivity index (χ0) is 22.8. The van der Waals surface area contributed by atoms with Gasteiger partial charge in [-0.3, -0.25) is 9.69 Å². The average molecular weight is 461 g/mol. The van der Waals surface area contributed by atoms with Crippen LogP contribution >= 0.6 is 11.6 Å². The van der Waals surface area contributed by atoms with Crippen LogP contribution in [0.3, 0.4) is 0 Å². The number of likely N-dealkylation sites (tertiary alicyclic amines) is 1. The third-order valence-corrected chi connectivity index (χ3v) is 5.69. The molecule has 0 radical (unpaired) electrons. The van der Waals surface area contributed by atoms with Gasteiger partial charge in [0.1, 0.15) is 24.3 Å². The van der Waals surface area contributed by atoms with Crippen molar-refractivity contribution in [1.82, 2.24) is 14.9 Å². The molecule has 1 fully saturated rings. The van der Waals surface area contributed by atoms with Crippen LogP contribution in [0.5, 0.6) is 11.5 Å². The van der Waals surface area contributed by atoms with Crippen LogP contribution in [0.4, 0.5) is 15.9 Å². The molecule has 3 aromatic rings. The molecule has 2 atom stereocenters. The number of rotatable bonds is 6. The van der Waals surface area contributed by atoms with E-state index >= 15 is 0 Å². The fraction of sp³-hybridized carbons (Fsp3) is 0.318. The second kappa shape index (κ2) is 9.13. The minimum absolute atomic E-state index is 0.00423. The minimum atomic E-state index is -0.575. The van der Waals surface area contributed by atoms with Gasteiger partial charge >= 0.3 is 5.97 Å². The molecule has 0 spiro atoms. The Morgan fingerprint density at radius 1 is 1.25 bits per heavy atom. The summed E-state index contributed by atoms with van der Waals surface area (Å²) in [5, 5.41) is 3.59. The number of halogens is 2. The third-order valence-electron chi connectivity index (χ3n) is 5.40. The van der Waals surface area contributed by atoms with Gasteiger partial charge in [-0.05, 0) is 25.2 Å². The summed E-state index contributed by atoms with van der Waals surface area (Å²) >= 11 is 5.89. The lowest BCUT2D eigenvalue weighted by atomic mass is 10.1. The van der Waals surface area contributed by atoms with Crippen molar-refractivity contribution >= 4 is 40.0 Å². The van der Waals surface area contributed by atoms with E-state index in [1.54, 1.807) is 24.3 Å². The zero-order valence-electron chi connectivity index (χ0n) is 17.8. The fourth-order valence-corrected chi connectivity index (χ4v) is 3.95. The fourth-order valence-electron chi connectivity index (χ4n) is 3.77. The van der Waals surface area contributed by atoms with E-state index in [9.17, 15) is 9.18 Å². The van der Waals surface area contributed by atoms with Crippen molar-refractivity contribution in [2.24, 2.45) is 0 Å². The molecule has 168 valence electrons. The number of carbonyl (C=O) groups is 1. The largest absolute Gasteiger partial charge is 0.493 e. The Morgan fingerprint density at radius 3 is 2.81 bits per heavy atom. The maximum absolute atomic E-state index is 14.4. The first-order valence-corrected chi connectivity index (χ1v) is 10.3. The van der Waals surface area contributed by atoms with Crippen molar-refractivity contribution in [1.29, 1.82) is 0 Å². The molecule has 4 rings (SSSR count). The van der Waals surface area contributed by atoms with Crippen LogP contribution in [0.25, 0.3) is 10.9 Å². The van der Waals surface area contributed by atoms with Gasteiger partial charge in [0.05, 0.1) is 30.4 Å². The number of carbonyl (C=O) groups excluding carboxylic acids is 1. The Balaban J connectivity index is 1.67. The summed E-state index contributed by atoms with van der Waals surface area (Å²) in [6.07, 6.45) is 1.61. The first-order valence-electron chi connectivity index (χ1n) is 9.89. The monoisotopic (exact) mass is 460 g/mol. The standard InChI is InChI=1S/C22H22ClFN4O4/c1-28-10-12(7-17(28)22(29)31-3)32-19-8-13-16(9-18(19)30-2)25-11-26-21(13)27-15-6-4-5-14(23)20(15)24/h4-6,8-9,11-12,17H,7,10H2,1-3H3,(H,25,26,27)/t12-,17?/m1/s1. The molecule has 1 aliphatic heterocycles. The molecule has 8 nitrogen and oxygen atoms in total. The molecule has 0 bridgehead atoms. The highest BCUT2D eigenvalue weighted by atomic mass is 35.5. The number of nitrogens with one attached hydrogen (secondary N) is 1. The Kier molecular flexibility index (Phi) is 6.29. The number of hydrogen-bond donors (Lipinski definition) is 1. The molecule has 0 saturated carbocycles. The first-order chi connectivity index (χ1) is 15.4. The van der Waals surface area contributed by atoms with Crippen LogP contribution < -0.4 is 14.8 Å². The smallest absolute Gasteiger partial charge is 0.323 e. The Hall–Kier alpha value is -3.17. The molecule has 1 saturated heterocycles. The van der Waals surface area contributed by atoms with Crippen LogP contribution in [-0.2, 0) is 9.53 Å². The molecule has 10 heteroatoms. The summed E-state index contributed by atoms with van der Waals surface area (Å²) < 4.78 is 31.0. The summed E-state index contributed by atoms with van der Waals surface area (Å²) in [6, 6.07) is 7.77. The van der Waals surface area contributed by atoms with Gasteiger partial charge in [0.2, 0.25) is 0 Å². The van der Waals surface area contributed by atoms with Gasteiger partial charge in [0, 0.05) is 24.4 Å². The van der Waals surface area contributed by atoms with Crippen LogP contribution in [-0.4, -0.2) is 60.8 Å². The van der Waals surface area contributed by atoms with Crippen LogP contribution in [0.15, 0.2) is 36.7 Å². The van der Waals surface area contributed by atoms with E-state index in [2.05, 4.69) is 15.3 Å². The second-order valence-corrected chi connectivity index (χ2v) is 7.83.